The lowest BCUT2D eigenvalue weighted by molar-refractivity contribution is -0.272. The molecule has 0 bridgehead atoms. The van der Waals surface area contributed by atoms with Gasteiger partial charge in [-0.1, -0.05) is 0 Å². The lowest BCUT2D eigenvalue weighted by atomic mass is 9.91. The van der Waals surface area contributed by atoms with Crippen molar-refractivity contribution in [3.05, 3.63) is 0 Å². The average molecular weight is 280 g/mol. The molecule has 1 amide bonds. The van der Waals surface area contributed by atoms with Crippen LogP contribution in [0.2, 0.25) is 0 Å². The molecule has 7 heteroatoms. The summed E-state index contributed by atoms with van der Waals surface area (Å²) in [6.07, 6.45) is -3.04. The number of likely N-dealkylation sites (tertiary alicyclic amines) is 1. The molecule has 0 unspecified atom stereocenters. The van der Waals surface area contributed by atoms with Crippen molar-refractivity contribution in [1.29, 1.82) is 0 Å². The van der Waals surface area contributed by atoms with Gasteiger partial charge >= 0.3 is 6.18 Å². The van der Waals surface area contributed by atoms with Crippen molar-refractivity contribution in [2.24, 2.45) is 5.92 Å². The second-order valence-corrected chi connectivity index (χ2v) is 5.55. The van der Waals surface area contributed by atoms with Gasteiger partial charge in [-0.15, -0.1) is 0 Å². The summed E-state index contributed by atoms with van der Waals surface area (Å²) in [6, 6.07) is 0. The van der Waals surface area contributed by atoms with Crippen molar-refractivity contribution in [2.45, 2.75) is 37.5 Å². The van der Waals surface area contributed by atoms with Crippen LogP contribution in [0.15, 0.2) is 0 Å². The smallest absolute Gasteiger partial charge is 0.380 e. The summed E-state index contributed by atoms with van der Waals surface area (Å²) in [7, 11) is 0. The number of carbonyl (C=O) groups excluding carboxylic acids is 1. The fourth-order valence-electron chi connectivity index (χ4n) is 2.20. The van der Waals surface area contributed by atoms with Crippen molar-refractivity contribution >= 4 is 5.91 Å². The molecule has 1 saturated heterocycles. The summed E-state index contributed by atoms with van der Waals surface area (Å²) >= 11 is 0. The largest absolute Gasteiger partial charge is 0.417 e. The van der Waals surface area contributed by atoms with Crippen LogP contribution >= 0.6 is 0 Å². The maximum absolute atomic E-state index is 12.6. The number of aliphatic hydroxyl groups is 1. The Morgan fingerprint density at radius 2 is 1.89 bits per heavy atom. The molecule has 0 radical (unpaired) electrons. The molecular weight excluding hydrogens is 261 g/mol. The van der Waals surface area contributed by atoms with Crippen LogP contribution in [-0.2, 0) is 4.79 Å². The van der Waals surface area contributed by atoms with Crippen LogP contribution in [0.4, 0.5) is 13.2 Å². The third-order valence-electron chi connectivity index (χ3n) is 3.86. The van der Waals surface area contributed by atoms with E-state index in [9.17, 15) is 23.1 Å². The van der Waals surface area contributed by atoms with Gasteiger partial charge in [-0.25, -0.2) is 0 Å². The number of rotatable bonds is 4. The molecule has 1 aliphatic carbocycles. The minimum atomic E-state index is -4.59. The molecule has 2 aliphatic rings. The molecule has 4 nitrogen and oxygen atoms in total. The van der Waals surface area contributed by atoms with Gasteiger partial charge in [0, 0.05) is 19.6 Å². The molecule has 0 aromatic heterocycles. The topological polar surface area (TPSA) is 52.6 Å². The first kappa shape index (κ1) is 14.6. The van der Waals surface area contributed by atoms with Crippen LogP contribution in [0.5, 0.6) is 0 Å². The van der Waals surface area contributed by atoms with Crippen LogP contribution in [0, 0.1) is 5.92 Å². The highest BCUT2D eigenvalue weighted by molar-refractivity contribution is 5.78. The number of piperidine rings is 1. The van der Waals surface area contributed by atoms with Crippen molar-refractivity contribution in [2.75, 3.05) is 26.2 Å². The predicted molar refractivity (Wildman–Crippen MR) is 62.4 cm³/mol. The van der Waals surface area contributed by atoms with Gasteiger partial charge in [-0.05, 0) is 31.6 Å². The Morgan fingerprint density at radius 1 is 1.32 bits per heavy atom. The minimum Gasteiger partial charge on any atom is -0.380 e. The average Bonchev–Trinajstić information content (AvgIpc) is 3.12. The van der Waals surface area contributed by atoms with E-state index >= 15 is 0 Å². The molecule has 0 atom stereocenters. The Kier molecular flexibility index (Phi) is 4.06. The highest BCUT2D eigenvalue weighted by Crippen LogP contribution is 2.38. The molecule has 2 fully saturated rings. The van der Waals surface area contributed by atoms with Gasteiger partial charge in [0.15, 0.2) is 5.60 Å². The molecule has 1 heterocycles. The monoisotopic (exact) mass is 280 g/mol. The number of halogens is 3. The zero-order chi connectivity index (χ0) is 14.1. The molecule has 0 aromatic rings. The van der Waals surface area contributed by atoms with Crippen LogP contribution < -0.4 is 5.32 Å². The second-order valence-electron chi connectivity index (χ2n) is 5.55. The number of hydrogen-bond donors (Lipinski definition) is 2. The van der Waals surface area contributed by atoms with Crippen molar-refractivity contribution in [3.8, 4) is 0 Å². The molecule has 1 saturated carbocycles. The summed E-state index contributed by atoms with van der Waals surface area (Å²) < 4.78 is 37.8. The normalized spacial score (nSPS) is 24.2. The van der Waals surface area contributed by atoms with Crippen LogP contribution in [0.25, 0.3) is 0 Å². The van der Waals surface area contributed by atoms with Gasteiger partial charge in [-0.2, -0.15) is 13.2 Å². The van der Waals surface area contributed by atoms with Gasteiger partial charge in [0.1, 0.15) is 0 Å². The number of hydrogen-bond acceptors (Lipinski definition) is 3. The Hall–Kier alpha value is -0.820. The number of alkyl halides is 3. The molecular formula is C12H19F3N2O2. The summed E-state index contributed by atoms with van der Waals surface area (Å²) in [5, 5.41) is 12.3. The lowest BCUT2D eigenvalue weighted by Crippen LogP contribution is -2.54. The van der Waals surface area contributed by atoms with E-state index in [1.54, 1.807) is 4.90 Å². The van der Waals surface area contributed by atoms with E-state index < -0.39 is 11.8 Å². The molecule has 110 valence electrons. The maximum atomic E-state index is 12.6. The van der Waals surface area contributed by atoms with E-state index in [1.165, 1.54) is 0 Å². The van der Waals surface area contributed by atoms with Crippen molar-refractivity contribution in [3.63, 3.8) is 0 Å². The van der Waals surface area contributed by atoms with Gasteiger partial charge < -0.3 is 10.4 Å². The van der Waals surface area contributed by atoms with Crippen molar-refractivity contribution < 1.29 is 23.1 Å². The third kappa shape index (κ3) is 3.82. The molecule has 2 rings (SSSR count). The summed E-state index contributed by atoms with van der Waals surface area (Å²) in [4.78, 5) is 13.2. The SMILES string of the molecule is O=C(CN1CCC(O)(C(F)(F)F)CC1)NCC1CC1. The van der Waals surface area contributed by atoms with E-state index in [1.807, 2.05) is 0 Å². The van der Waals surface area contributed by atoms with Crippen LogP contribution in [0.1, 0.15) is 25.7 Å². The van der Waals surface area contributed by atoms with Gasteiger partial charge in [-0.3, -0.25) is 9.69 Å². The van der Waals surface area contributed by atoms with E-state index in [2.05, 4.69) is 5.32 Å². The van der Waals surface area contributed by atoms with E-state index in [-0.39, 0.29) is 38.4 Å². The number of amides is 1. The van der Waals surface area contributed by atoms with Crippen LogP contribution in [-0.4, -0.2) is 53.9 Å². The summed E-state index contributed by atoms with van der Waals surface area (Å²) in [6.45, 7) is 0.958. The Labute approximate surface area is 110 Å². The third-order valence-corrected chi connectivity index (χ3v) is 3.86. The van der Waals surface area contributed by atoms with Crippen LogP contribution in [0.3, 0.4) is 0 Å². The standard InChI is InChI=1S/C12H19F3N2O2/c13-12(14,15)11(19)3-5-17(6-4-11)8-10(18)16-7-9-1-2-9/h9,19H,1-8H2,(H,16,18). The first-order chi connectivity index (χ1) is 8.80. The first-order valence-corrected chi connectivity index (χ1v) is 6.58. The second kappa shape index (κ2) is 5.28. The van der Waals surface area contributed by atoms with Gasteiger partial charge in [0.2, 0.25) is 5.91 Å². The predicted octanol–water partition coefficient (Wildman–Crippen LogP) is 0.902. The first-order valence-electron chi connectivity index (χ1n) is 6.58. The maximum Gasteiger partial charge on any atom is 0.417 e. The van der Waals surface area contributed by atoms with E-state index in [0.29, 0.717) is 12.5 Å². The fourth-order valence-corrected chi connectivity index (χ4v) is 2.20. The highest BCUT2D eigenvalue weighted by atomic mass is 19.4. The Morgan fingerprint density at radius 3 is 2.37 bits per heavy atom. The molecule has 1 aliphatic heterocycles. The minimum absolute atomic E-state index is 0.0901. The Balaban J connectivity index is 1.72. The lowest BCUT2D eigenvalue weighted by Gasteiger charge is -2.38. The fraction of sp³-hybridized carbons (Fsp3) is 0.917. The van der Waals surface area contributed by atoms with E-state index in [4.69, 9.17) is 0 Å². The quantitative estimate of drug-likeness (QED) is 0.804. The number of carbonyl (C=O) groups is 1. The molecule has 2 N–H and O–H groups in total. The van der Waals surface area contributed by atoms with Gasteiger partial charge in [0.25, 0.3) is 0 Å². The van der Waals surface area contributed by atoms with Gasteiger partial charge in [0.05, 0.1) is 6.54 Å². The Bertz CT molecular complexity index is 334. The molecule has 19 heavy (non-hydrogen) atoms. The zero-order valence-electron chi connectivity index (χ0n) is 10.7. The zero-order valence-corrected chi connectivity index (χ0v) is 10.7. The summed E-state index contributed by atoms with van der Waals surface area (Å²) in [5.41, 5.74) is -2.59. The molecule has 0 spiro atoms. The molecule has 0 aromatic carbocycles. The summed E-state index contributed by atoms with van der Waals surface area (Å²) in [5.74, 6) is 0.435. The number of nitrogens with one attached hydrogen (secondary N) is 1. The van der Waals surface area contributed by atoms with E-state index in [0.717, 1.165) is 12.8 Å². The van der Waals surface area contributed by atoms with Crippen molar-refractivity contribution in [1.82, 2.24) is 10.2 Å². The number of nitrogens with zero attached hydrogens (tertiary/aromatic N) is 1. The highest BCUT2D eigenvalue weighted by Gasteiger charge is 2.54.